The Labute approximate surface area is 132 Å². The minimum atomic E-state index is -0.970. The quantitative estimate of drug-likeness (QED) is 0.457. The lowest BCUT2D eigenvalue weighted by Gasteiger charge is -2.08. The van der Waals surface area contributed by atoms with Gasteiger partial charge < -0.3 is 10.4 Å². The molecule has 6 nitrogen and oxygen atoms in total. The van der Waals surface area contributed by atoms with Crippen LogP contribution in [-0.2, 0) is 0 Å². The van der Waals surface area contributed by atoms with Crippen LogP contribution < -0.4 is 10.7 Å². The van der Waals surface area contributed by atoms with Crippen LogP contribution in [-0.4, -0.2) is 26.9 Å². The molecule has 0 spiro atoms. The number of nitrogens with one attached hydrogen (secondary N) is 2. The number of hydrogen-bond donors (Lipinski definition) is 3. The van der Waals surface area contributed by atoms with Gasteiger partial charge in [-0.25, -0.2) is 4.79 Å². The minimum absolute atomic E-state index is 0.216. The highest BCUT2D eigenvalue weighted by Crippen LogP contribution is 2.09. The Bertz CT molecular complexity index is 699. The molecule has 1 aromatic carbocycles. The van der Waals surface area contributed by atoms with Crippen LogP contribution in [0.1, 0.15) is 23.0 Å². The van der Waals surface area contributed by atoms with Crippen molar-refractivity contribution in [3.63, 3.8) is 0 Å². The van der Waals surface area contributed by atoms with Gasteiger partial charge in [-0.1, -0.05) is 6.07 Å². The monoisotopic (exact) mass is 314 g/mol. The number of carboxylic acids is 1. The lowest BCUT2D eigenvalue weighted by Crippen LogP contribution is -2.25. The van der Waals surface area contributed by atoms with E-state index in [0.29, 0.717) is 16.5 Å². The van der Waals surface area contributed by atoms with E-state index in [0.717, 1.165) is 5.69 Å². The predicted molar refractivity (Wildman–Crippen MR) is 89.2 cm³/mol. The Morgan fingerprint density at radius 1 is 1.23 bits per heavy atom. The maximum Gasteiger partial charge on any atom is 0.335 e. The van der Waals surface area contributed by atoms with Gasteiger partial charge in [-0.05, 0) is 55.5 Å². The van der Waals surface area contributed by atoms with E-state index in [9.17, 15) is 4.79 Å². The highest BCUT2D eigenvalue weighted by atomic mass is 32.1. The van der Waals surface area contributed by atoms with Gasteiger partial charge in [-0.2, -0.15) is 5.10 Å². The summed E-state index contributed by atoms with van der Waals surface area (Å²) in [7, 11) is 0. The molecular formula is C15H14N4O2S. The summed E-state index contributed by atoms with van der Waals surface area (Å²) in [5.41, 5.74) is 5.06. The number of hydrogen-bond acceptors (Lipinski definition) is 4. The third-order valence-corrected chi connectivity index (χ3v) is 2.94. The molecule has 7 heteroatoms. The molecule has 0 amide bonds. The zero-order chi connectivity index (χ0) is 15.9. The maximum absolute atomic E-state index is 10.8. The topological polar surface area (TPSA) is 86.6 Å². The Kier molecular flexibility index (Phi) is 5.16. The number of rotatable bonds is 4. The molecule has 0 saturated carbocycles. The van der Waals surface area contributed by atoms with Crippen molar-refractivity contribution >= 4 is 34.7 Å². The van der Waals surface area contributed by atoms with Gasteiger partial charge in [0.15, 0.2) is 5.11 Å². The molecule has 22 heavy (non-hydrogen) atoms. The third kappa shape index (κ3) is 4.35. The Morgan fingerprint density at radius 2 is 1.95 bits per heavy atom. The second-order valence-electron chi connectivity index (χ2n) is 4.36. The van der Waals surface area contributed by atoms with Crippen molar-refractivity contribution in [2.45, 2.75) is 6.92 Å². The summed E-state index contributed by atoms with van der Waals surface area (Å²) in [6, 6.07) is 11.8. The number of benzene rings is 1. The van der Waals surface area contributed by atoms with E-state index in [2.05, 4.69) is 20.8 Å². The molecule has 3 N–H and O–H groups in total. The van der Waals surface area contributed by atoms with E-state index < -0.39 is 5.97 Å². The molecule has 0 saturated heterocycles. The number of carboxylic acid groups (broad SMARTS) is 1. The summed E-state index contributed by atoms with van der Waals surface area (Å²) in [5.74, 6) is -0.970. The van der Waals surface area contributed by atoms with Crippen LogP contribution in [0.3, 0.4) is 0 Å². The number of aromatic carboxylic acids is 1. The van der Waals surface area contributed by atoms with E-state index in [4.69, 9.17) is 17.3 Å². The fourth-order valence-electron chi connectivity index (χ4n) is 1.62. The van der Waals surface area contributed by atoms with Crippen molar-refractivity contribution in [1.82, 2.24) is 10.4 Å². The lowest BCUT2D eigenvalue weighted by atomic mass is 10.2. The van der Waals surface area contributed by atoms with E-state index >= 15 is 0 Å². The summed E-state index contributed by atoms with van der Waals surface area (Å²) < 4.78 is 0. The van der Waals surface area contributed by atoms with Crippen molar-refractivity contribution in [3.8, 4) is 0 Å². The molecule has 2 rings (SSSR count). The van der Waals surface area contributed by atoms with E-state index in [1.54, 1.807) is 18.3 Å². The fraction of sp³-hybridized carbons (Fsp3) is 0.0667. The number of thiocarbonyl (C=S) groups is 1. The highest BCUT2D eigenvalue weighted by Gasteiger charge is 2.03. The van der Waals surface area contributed by atoms with Crippen molar-refractivity contribution in [2.24, 2.45) is 5.10 Å². The molecule has 0 fully saturated rings. The average molecular weight is 314 g/mol. The molecule has 0 unspecified atom stereocenters. The van der Waals surface area contributed by atoms with E-state index in [1.165, 1.54) is 12.1 Å². The number of nitrogens with zero attached hydrogens (tertiary/aromatic N) is 2. The van der Waals surface area contributed by atoms with Gasteiger partial charge in [0.2, 0.25) is 0 Å². The average Bonchev–Trinajstić information content (AvgIpc) is 2.54. The molecule has 1 aromatic heterocycles. The fourth-order valence-corrected chi connectivity index (χ4v) is 1.79. The van der Waals surface area contributed by atoms with Crippen molar-refractivity contribution in [2.75, 3.05) is 5.32 Å². The van der Waals surface area contributed by atoms with Crippen molar-refractivity contribution < 1.29 is 9.90 Å². The predicted octanol–water partition coefficient (Wildman–Crippen LogP) is 2.49. The first kappa shape index (κ1) is 15.6. The smallest absolute Gasteiger partial charge is 0.335 e. The van der Waals surface area contributed by atoms with Gasteiger partial charge in [0, 0.05) is 11.9 Å². The second-order valence-corrected chi connectivity index (χ2v) is 4.77. The summed E-state index contributed by atoms with van der Waals surface area (Å²) in [5, 5.41) is 16.2. The maximum atomic E-state index is 10.8. The molecular weight excluding hydrogens is 300 g/mol. The highest BCUT2D eigenvalue weighted by molar-refractivity contribution is 7.80. The number of carbonyl (C=O) groups is 1. The Hall–Kier alpha value is -2.80. The molecule has 0 aliphatic rings. The van der Waals surface area contributed by atoms with Gasteiger partial charge in [-0.15, -0.1) is 0 Å². The van der Waals surface area contributed by atoms with Gasteiger partial charge >= 0.3 is 5.97 Å². The van der Waals surface area contributed by atoms with Crippen LogP contribution >= 0.6 is 12.2 Å². The van der Waals surface area contributed by atoms with Crippen LogP contribution in [0, 0.1) is 0 Å². The molecule has 1 heterocycles. The molecule has 2 aromatic rings. The molecule has 0 aliphatic heterocycles. The largest absolute Gasteiger partial charge is 0.478 e. The molecule has 0 bridgehead atoms. The van der Waals surface area contributed by atoms with Gasteiger partial charge in [0.25, 0.3) is 0 Å². The first-order valence-electron chi connectivity index (χ1n) is 6.42. The molecule has 112 valence electrons. The van der Waals surface area contributed by atoms with Crippen LogP contribution in [0.4, 0.5) is 5.69 Å². The summed E-state index contributed by atoms with van der Waals surface area (Å²) in [6.07, 6.45) is 1.69. The third-order valence-electron chi connectivity index (χ3n) is 2.75. The lowest BCUT2D eigenvalue weighted by molar-refractivity contribution is 0.0697. The first-order valence-corrected chi connectivity index (χ1v) is 6.83. The SMILES string of the molecule is C/C(=N\NC(=S)Nc1ccc(C(=O)O)cc1)c1ccccn1. The Balaban J connectivity index is 1.94. The van der Waals surface area contributed by atoms with Crippen LogP contribution in [0.2, 0.25) is 0 Å². The molecule has 0 aliphatic carbocycles. The van der Waals surface area contributed by atoms with Crippen LogP contribution in [0.15, 0.2) is 53.8 Å². The molecule has 0 radical (unpaired) electrons. The second kappa shape index (κ2) is 7.28. The van der Waals surface area contributed by atoms with Crippen LogP contribution in [0.25, 0.3) is 0 Å². The number of pyridine rings is 1. The van der Waals surface area contributed by atoms with Crippen molar-refractivity contribution in [1.29, 1.82) is 0 Å². The summed E-state index contributed by atoms with van der Waals surface area (Å²) in [4.78, 5) is 14.9. The Morgan fingerprint density at radius 3 is 2.55 bits per heavy atom. The van der Waals surface area contributed by atoms with Gasteiger partial charge in [0.05, 0.1) is 17.0 Å². The first-order chi connectivity index (χ1) is 10.6. The minimum Gasteiger partial charge on any atom is -0.478 e. The zero-order valence-corrected chi connectivity index (χ0v) is 12.6. The van der Waals surface area contributed by atoms with E-state index in [-0.39, 0.29) is 5.56 Å². The summed E-state index contributed by atoms with van der Waals surface area (Å²) >= 11 is 5.12. The standard InChI is InChI=1S/C15H14N4O2S/c1-10(13-4-2-3-9-16-13)18-19-15(22)17-12-7-5-11(6-8-12)14(20)21/h2-9H,1H3,(H,20,21)(H2,17,19,22)/b18-10+. The molecule has 0 atom stereocenters. The van der Waals surface area contributed by atoms with Crippen LogP contribution in [0.5, 0.6) is 0 Å². The van der Waals surface area contributed by atoms with E-state index in [1.807, 2.05) is 25.1 Å². The number of hydrazone groups is 1. The number of aromatic nitrogens is 1. The normalized spacial score (nSPS) is 10.9. The number of anilines is 1. The van der Waals surface area contributed by atoms with Gasteiger partial charge in [0.1, 0.15) is 0 Å². The van der Waals surface area contributed by atoms with Crippen molar-refractivity contribution in [3.05, 3.63) is 59.9 Å². The summed E-state index contributed by atoms with van der Waals surface area (Å²) in [6.45, 7) is 1.82. The van der Waals surface area contributed by atoms with Gasteiger partial charge in [-0.3, -0.25) is 10.4 Å². The zero-order valence-electron chi connectivity index (χ0n) is 11.8.